The largest absolute Gasteiger partial charge is 0.494 e. The summed E-state index contributed by atoms with van der Waals surface area (Å²) in [6, 6.07) is 15.7. The van der Waals surface area contributed by atoms with Crippen LogP contribution in [0.15, 0.2) is 85.2 Å². The van der Waals surface area contributed by atoms with E-state index < -0.39 is 114 Å². The monoisotopic (exact) mass is 1440 g/mol. The molecule has 6 saturated heterocycles. The van der Waals surface area contributed by atoms with E-state index in [1.165, 1.54) is 84.5 Å². The van der Waals surface area contributed by atoms with Crippen molar-refractivity contribution in [1.82, 2.24) is 34.7 Å². The van der Waals surface area contributed by atoms with Gasteiger partial charge in [-0.1, -0.05) is 36.4 Å². The highest BCUT2D eigenvalue weighted by Gasteiger charge is 2.54. The molecular formula is C70H68F13N9O10. The molecular weight excluding hydrogens is 1370 g/mol. The van der Waals surface area contributed by atoms with E-state index in [1.807, 2.05) is 0 Å². The van der Waals surface area contributed by atoms with Crippen molar-refractivity contribution >= 4 is 46.7 Å². The van der Waals surface area contributed by atoms with Crippen molar-refractivity contribution in [3.05, 3.63) is 131 Å². The molecule has 4 aromatic carbocycles. The first-order valence-electron chi connectivity index (χ1n) is 32.2. The number of carboxylic acid groups (broad SMARTS) is 1. The van der Waals surface area contributed by atoms with Crippen LogP contribution in [0.25, 0.3) is 54.5 Å². The molecule has 102 heavy (non-hydrogen) atoms. The number of ketones is 3. The average Bonchev–Trinajstić information content (AvgIpc) is 1.62. The van der Waals surface area contributed by atoms with Crippen molar-refractivity contribution in [2.75, 3.05) is 14.2 Å². The van der Waals surface area contributed by atoms with E-state index in [9.17, 15) is 85.8 Å². The Balaban J connectivity index is 0.000000169. The number of nitrogens with zero attached hydrogens (tertiary/aromatic N) is 8. The van der Waals surface area contributed by atoms with Crippen LogP contribution in [0.2, 0.25) is 0 Å². The fourth-order valence-corrected chi connectivity index (χ4v) is 14.2. The first-order valence-corrected chi connectivity index (χ1v) is 32.2. The summed E-state index contributed by atoms with van der Waals surface area (Å²) >= 11 is 0. The van der Waals surface area contributed by atoms with E-state index in [4.69, 9.17) is 32.5 Å². The Morgan fingerprint density at radius 3 is 1.32 bits per heavy atom. The van der Waals surface area contributed by atoms with Crippen LogP contribution >= 0.6 is 0 Å². The van der Waals surface area contributed by atoms with Gasteiger partial charge >= 0.3 is 30.6 Å². The van der Waals surface area contributed by atoms with Crippen LogP contribution in [0.1, 0.15) is 97.8 Å². The molecule has 0 spiro atoms. The maximum Gasteiger partial charge on any atom is 0.449 e. The number of benzene rings is 4. The van der Waals surface area contributed by atoms with Crippen LogP contribution in [-0.4, -0.2) is 144 Å². The molecule has 2 N–H and O–H groups in total. The molecule has 9 unspecified atom stereocenters. The van der Waals surface area contributed by atoms with Gasteiger partial charge in [-0.15, -0.1) is 0 Å². The minimum atomic E-state index is -4.91. The van der Waals surface area contributed by atoms with Gasteiger partial charge in [0.05, 0.1) is 27.4 Å². The van der Waals surface area contributed by atoms with Crippen LogP contribution in [-0.2, 0) is 41.8 Å². The molecule has 32 heteroatoms. The minimum absolute atomic E-state index is 0.0170. The molecule has 6 aliphatic rings. The molecule has 0 aliphatic carbocycles. The Morgan fingerprint density at radius 2 is 0.951 bits per heavy atom. The van der Waals surface area contributed by atoms with Gasteiger partial charge in [0, 0.05) is 90.2 Å². The number of hydrogen-bond acceptors (Lipinski definition) is 12. The molecule has 2 aromatic heterocycles. The number of carboxylic acids is 1. The molecule has 544 valence electrons. The van der Waals surface area contributed by atoms with E-state index in [2.05, 4.69) is 25.2 Å². The van der Waals surface area contributed by atoms with Gasteiger partial charge in [-0.2, -0.15) is 49.7 Å². The third kappa shape index (κ3) is 17.9. The molecule has 12 rings (SSSR count). The highest BCUT2D eigenvalue weighted by Crippen LogP contribution is 2.47. The third-order valence-corrected chi connectivity index (χ3v) is 18.7. The van der Waals surface area contributed by atoms with Crippen LogP contribution in [0, 0.1) is 54.2 Å². The van der Waals surface area contributed by atoms with Gasteiger partial charge in [0.1, 0.15) is 41.7 Å². The summed E-state index contributed by atoms with van der Waals surface area (Å²) in [5.41, 5.74) is 1.82. The van der Waals surface area contributed by atoms with Gasteiger partial charge in [0.2, 0.25) is 34.6 Å². The van der Waals surface area contributed by atoms with E-state index in [0.29, 0.717) is 71.5 Å². The zero-order valence-electron chi connectivity index (χ0n) is 55.3. The highest BCUT2D eigenvalue weighted by molar-refractivity contribution is 5.87. The number of carbonyl (C=O) groups excluding carboxylic acids is 5. The summed E-state index contributed by atoms with van der Waals surface area (Å²) in [6.45, 7) is 18.6. The lowest BCUT2D eigenvalue weighted by molar-refractivity contribution is -0.172. The number of rotatable bonds is 16. The Bertz CT molecular complexity index is 4250. The number of amides is 2. The number of halogens is 13. The minimum Gasteiger partial charge on any atom is -0.494 e. The first-order chi connectivity index (χ1) is 47.9. The predicted octanol–water partition coefficient (Wildman–Crippen LogP) is 15.0. The first kappa shape index (κ1) is 76.3. The van der Waals surface area contributed by atoms with Gasteiger partial charge in [0.25, 0.3) is 0 Å². The van der Waals surface area contributed by atoms with E-state index in [1.54, 1.807) is 42.7 Å². The Morgan fingerprint density at radius 1 is 0.539 bits per heavy atom. The predicted molar refractivity (Wildman–Crippen MR) is 339 cm³/mol. The summed E-state index contributed by atoms with van der Waals surface area (Å²) in [5.74, 6) is -10.3. The topological polar surface area (TPSA) is 213 Å². The Kier molecular flexibility index (Phi) is 23.0. The molecule has 0 saturated carbocycles. The van der Waals surface area contributed by atoms with Crippen molar-refractivity contribution in [3.8, 4) is 56.3 Å². The van der Waals surface area contributed by atoms with Gasteiger partial charge in [0.15, 0.2) is 23.1 Å². The van der Waals surface area contributed by atoms with Gasteiger partial charge in [-0.25, -0.2) is 32.0 Å². The highest BCUT2D eigenvalue weighted by atomic mass is 19.4. The lowest BCUT2D eigenvalue weighted by atomic mass is 9.85. The van der Waals surface area contributed by atoms with Gasteiger partial charge in [-0.3, -0.25) is 33.3 Å². The molecule has 6 fully saturated rings. The van der Waals surface area contributed by atoms with E-state index in [0.717, 1.165) is 37.8 Å². The number of methoxy groups -OCH3 is 2. The van der Waals surface area contributed by atoms with Crippen molar-refractivity contribution in [2.24, 2.45) is 17.8 Å². The SMILES string of the molecule is CC(C)(C)OC(=O)N1C2CCC1C(CC(=O)C(F)(F)F)C2.O=C(CC1CC2CCC1N2)C(F)(F)F.[C-]#[N+]c1ccc(-c2nn(CC(=O)N3C4CCC3C(CC(=O)C(F)(F)F)C4)cc2-c2ccc(OC)c(F)c2)cc1F.[C-]#[N+]c1ccc(-c2nn(CC(=O)O)cc2-c2ccc(OC)c(F)c2)cc1F. The number of carbonyl (C=O) groups is 6. The van der Waals surface area contributed by atoms with E-state index >= 15 is 0 Å². The molecule has 6 bridgehead atoms. The molecule has 9 atom stereocenters. The molecule has 6 aromatic rings. The van der Waals surface area contributed by atoms with Gasteiger partial charge < -0.3 is 34.4 Å². The molecule has 8 heterocycles. The molecule has 2 amide bonds. The number of hydrogen-bond donors (Lipinski definition) is 2. The van der Waals surface area contributed by atoms with Crippen molar-refractivity contribution < 1.29 is 105 Å². The smallest absolute Gasteiger partial charge is 0.449 e. The van der Waals surface area contributed by atoms with Gasteiger partial charge in [-0.05, 0) is 144 Å². The summed E-state index contributed by atoms with van der Waals surface area (Å²) in [7, 11) is 2.67. The van der Waals surface area contributed by atoms with Crippen LogP contribution in [0.4, 0.5) is 73.2 Å². The second-order valence-corrected chi connectivity index (χ2v) is 26.5. The third-order valence-electron chi connectivity index (χ3n) is 18.7. The number of fused-ring (bicyclic) bond motifs is 6. The summed E-state index contributed by atoms with van der Waals surface area (Å²) in [6.07, 6.45) is -7.39. The van der Waals surface area contributed by atoms with Crippen LogP contribution in [0.5, 0.6) is 11.5 Å². The second kappa shape index (κ2) is 30.8. The van der Waals surface area contributed by atoms with Crippen molar-refractivity contribution in [3.63, 3.8) is 0 Å². The Labute approximate surface area is 575 Å². The number of ether oxygens (including phenoxy) is 3. The normalized spacial score (nSPS) is 21.5. The Hall–Kier alpha value is -9.85. The summed E-state index contributed by atoms with van der Waals surface area (Å²) in [4.78, 5) is 79.3. The number of nitrogens with one attached hydrogen (secondary N) is 1. The average molecular weight is 1440 g/mol. The zero-order chi connectivity index (χ0) is 74.7. The van der Waals surface area contributed by atoms with Crippen molar-refractivity contribution in [2.45, 2.75) is 171 Å². The fraction of sp³-hybridized carbons (Fsp3) is 0.457. The fourth-order valence-electron chi connectivity index (χ4n) is 14.2. The van der Waals surface area contributed by atoms with Crippen LogP contribution in [0.3, 0.4) is 0 Å². The summed E-state index contributed by atoms with van der Waals surface area (Å²) in [5, 5.41) is 20.9. The summed E-state index contributed by atoms with van der Waals surface area (Å²) < 4.78 is 186. The number of aromatic nitrogens is 4. The maximum atomic E-state index is 14.5. The number of alkyl halides is 9. The second-order valence-electron chi connectivity index (χ2n) is 26.5. The number of aliphatic carboxylic acids is 1. The lowest BCUT2D eigenvalue weighted by Crippen LogP contribution is -2.41. The van der Waals surface area contributed by atoms with Crippen molar-refractivity contribution in [1.29, 1.82) is 0 Å². The number of Topliss-reactive ketones (excluding diaryl/α,β-unsaturated/α-hetero) is 3. The van der Waals surface area contributed by atoms with Crippen LogP contribution < -0.4 is 14.8 Å². The quantitative estimate of drug-likeness (QED) is 0.0682. The zero-order valence-corrected chi connectivity index (χ0v) is 55.3. The lowest BCUT2D eigenvalue weighted by Gasteiger charge is -2.28. The maximum absolute atomic E-state index is 14.5. The molecule has 0 radical (unpaired) electrons. The van der Waals surface area contributed by atoms with E-state index in [-0.39, 0.29) is 83.2 Å². The standard InChI is InChI=1S/C28H23F5N4O3.C19H13F2N3O3.C14H20F3NO3.C9H12F3NO/c1-34-22-6-3-16(11-20(22)29)27-19(15-4-8-24(40-2)21(30)10-15)13-36(35-27)14-26(39)37-18-5-7-23(37)17(9-18)12-25(38)28(31,32)33;1-22-16-5-3-12(8-14(16)20)19-13(9-24(23-19)10-18(25)26)11-4-6-17(27-2)15(21)7-11;1-13(2,3)21-12(20)18-9-4-5-10(18)8(6-9)7-11(19)14(15,16)17;10-9(11,12)8(14)4-5-3-6-1-2-7(5)13-6/h3-4,6,8,10-11,13,17-18,23H,5,7,9,12,14H2,2H3;3-9H,10H2,2H3,(H,25,26);8-10H,4-7H2,1-3H3;5-7,13H,1-4H2. The molecule has 6 aliphatic heterocycles. The molecule has 19 nitrogen and oxygen atoms in total.